The van der Waals surface area contributed by atoms with Gasteiger partial charge in [0, 0.05) is 23.6 Å². The molecule has 1 nitrogen and oxygen atoms in total. The van der Waals surface area contributed by atoms with Gasteiger partial charge >= 0.3 is 0 Å². The zero-order valence-electron chi connectivity index (χ0n) is 9.91. The Morgan fingerprint density at radius 2 is 1.84 bits per heavy atom. The van der Waals surface area contributed by atoms with Crippen LogP contribution in [0.5, 0.6) is 0 Å². The molecule has 0 unspecified atom stereocenters. The van der Waals surface area contributed by atoms with Crippen molar-refractivity contribution in [1.29, 1.82) is 0 Å². The Hall–Kier alpha value is -1.87. The van der Waals surface area contributed by atoms with Gasteiger partial charge in [0.2, 0.25) is 0 Å². The molecule has 2 aromatic carbocycles. The molecular weight excluding hydrogens is 268 g/mol. The molecule has 0 N–H and O–H groups in total. The minimum atomic E-state index is -0.429. The van der Waals surface area contributed by atoms with E-state index in [1.165, 1.54) is 24.3 Å². The first-order chi connectivity index (χ1) is 9.13. The highest BCUT2D eigenvalue weighted by Gasteiger charge is 2.05. The van der Waals surface area contributed by atoms with Crippen LogP contribution in [-0.2, 0) is 6.54 Å². The molecule has 0 saturated heterocycles. The molecule has 1 aromatic heterocycles. The average Bonchev–Trinajstić information content (AvgIpc) is 2.76. The maximum atomic E-state index is 13.4. The van der Waals surface area contributed by atoms with E-state index in [0.29, 0.717) is 6.54 Å². The predicted molar refractivity (Wildman–Crippen MR) is 72.4 cm³/mol. The van der Waals surface area contributed by atoms with Gasteiger partial charge in [-0.15, -0.1) is 0 Å². The number of hydrogen-bond donors (Lipinski definition) is 0. The van der Waals surface area contributed by atoms with Gasteiger partial charge in [0.25, 0.3) is 0 Å². The zero-order valence-corrected chi connectivity index (χ0v) is 10.7. The van der Waals surface area contributed by atoms with Crippen LogP contribution in [-0.4, -0.2) is 4.57 Å². The molecule has 0 amide bonds. The van der Waals surface area contributed by atoms with Crippen molar-refractivity contribution >= 4 is 22.5 Å². The molecule has 0 atom stereocenters. The van der Waals surface area contributed by atoms with Crippen molar-refractivity contribution in [2.45, 2.75) is 6.54 Å². The standard InChI is InChI=1S/C15H10ClF2N/c16-13-3-1-10(7-14(13)18)9-19-6-5-11-8-12(17)2-4-15(11)19/h1-8H,9H2. The molecule has 96 valence electrons. The number of benzene rings is 2. The second-order valence-corrected chi connectivity index (χ2v) is 4.80. The van der Waals surface area contributed by atoms with E-state index in [-0.39, 0.29) is 10.8 Å². The highest BCUT2D eigenvalue weighted by Crippen LogP contribution is 2.20. The minimum Gasteiger partial charge on any atom is -0.343 e. The van der Waals surface area contributed by atoms with Crippen LogP contribution in [0.15, 0.2) is 48.7 Å². The molecule has 0 aliphatic heterocycles. The smallest absolute Gasteiger partial charge is 0.142 e. The molecule has 19 heavy (non-hydrogen) atoms. The van der Waals surface area contributed by atoms with Gasteiger partial charge in [0.1, 0.15) is 11.6 Å². The molecule has 0 saturated carbocycles. The van der Waals surface area contributed by atoms with Gasteiger partial charge < -0.3 is 4.57 Å². The van der Waals surface area contributed by atoms with Crippen LogP contribution in [0.2, 0.25) is 5.02 Å². The minimum absolute atomic E-state index is 0.114. The van der Waals surface area contributed by atoms with E-state index in [2.05, 4.69) is 0 Å². The van der Waals surface area contributed by atoms with Gasteiger partial charge in [-0.3, -0.25) is 0 Å². The van der Waals surface area contributed by atoms with Gasteiger partial charge in [-0.25, -0.2) is 8.78 Å². The molecule has 0 aliphatic carbocycles. The number of hydrogen-bond acceptors (Lipinski definition) is 0. The number of nitrogens with zero attached hydrogens (tertiary/aromatic N) is 1. The van der Waals surface area contributed by atoms with Crippen molar-refractivity contribution in [2.24, 2.45) is 0 Å². The average molecular weight is 278 g/mol. The highest BCUT2D eigenvalue weighted by molar-refractivity contribution is 6.30. The van der Waals surface area contributed by atoms with Gasteiger partial charge in [-0.05, 0) is 42.0 Å². The first-order valence-electron chi connectivity index (χ1n) is 5.82. The Morgan fingerprint density at radius 3 is 2.63 bits per heavy atom. The summed E-state index contributed by atoms with van der Waals surface area (Å²) in [5.41, 5.74) is 1.72. The second kappa shape index (κ2) is 4.67. The molecule has 0 bridgehead atoms. The summed E-state index contributed by atoms with van der Waals surface area (Å²) in [4.78, 5) is 0. The summed E-state index contributed by atoms with van der Waals surface area (Å²) in [5.74, 6) is -0.690. The van der Waals surface area contributed by atoms with E-state index in [1.54, 1.807) is 12.1 Å². The monoisotopic (exact) mass is 277 g/mol. The third-order valence-corrected chi connectivity index (χ3v) is 3.38. The molecule has 0 spiro atoms. The van der Waals surface area contributed by atoms with Crippen LogP contribution < -0.4 is 0 Å². The summed E-state index contributed by atoms with van der Waals surface area (Å²) in [6.07, 6.45) is 1.86. The summed E-state index contributed by atoms with van der Waals surface area (Å²) in [7, 11) is 0. The van der Waals surface area contributed by atoms with Crippen molar-refractivity contribution in [2.75, 3.05) is 0 Å². The summed E-state index contributed by atoms with van der Waals surface area (Å²) < 4.78 is 28.4. The molecule has 1 heterocycles. The van der Waals surface area contributed by atoms with Crippen molar-refractivity contribution < 1.29 is 8.78 Å². The quantitative estimate of drug-likeness (QED) is 0.644. The Balaban J connectivity index is 1.98. The van der Waals surface area contributed by atoms with E-state index in [1.807, 2.05) is 16.8 Å². The summed E-state index contributed by atoms with van der Waals surface area (Å²) in [6, 6.07) is 11.2. The summed E-state index contributed by atoms with van der Waals surface area (Å²) in [6.45, 7) is 0.517. The number of rotatable bonds is 2. The summed E-state index contributed by atoms with van der Waals surface area (Å²) in [5, 5.41) is 0.942. The number of aromatic nitrogens is 1. The maximum Gasteiger partial charge on any atom is 0.142 e. The van der Waals surface area contributed by atoms with Gasteiger partial charge in [-0.1, -0.05) is 17.7 Å². The third-order valence-electron chi connectivity index (χ3n) is 3.07. The van der Waals surface area contributed by atoms with E-state index in [4.69, 9.17) is 11.6 Å². The Bertz CT molecular complexity index is 749. The number of fused-ring (bicyclic) bond motifs is 1. The SMILES string of the molecule is Fc1ccc2c(ccn2Cc2ccc(Cl)c(F)c2)c1. The Morgan fingerprint density at radius 1 is 1.00 bits per heavy atom. The molecule has 0 fully saturated rings. The molecule has 3 aromatic rings. The predicted octanol–water partition coefficient (Wildman–Crippen LogP) is 4.62. The molecule has 4 heteroatoms. The fraction of sp³-hybridized carbons (Fsp3) is 0.0667. The van der Waals surface area contributed by atoms with Gasteiger partial charge in [0.15, 0.2) is 0 Å². The fourth-order valence-electron chi connectivity index (χ4n) is 2.14. The lowest BCUT2D eigenvalue weighted by Gasteiger charge is -2.06. The van der Waals surface area contributed by atoms with Crippen LogP contribution in [0.4, 0.5) is 8.78 Å². The first kappa shape index (κ1) is 12.2. The van der Waals surface area contributed by atoms with Crippen molar-refractivity contribution in [3.05, 3.63) is 70.9 Å². The van der Waals surface area contributed by atoms with Crippen LogP contribution in [0.3, 0.4) is 0 Å². The van der Waals surface area contributed by atoms with Crippen molar-refractivity contribution in [3.8, 4) is 0 Å². The summed E-state index contributed by atoms with van der Waals surface area (Å²) >= 11 is 5.65. The van der Waals surface area contributed by atoms with Gasteiger partial charge in [-0.2, -0.15) is 0 Å². The van der Waals surface area contributed by atoms with Gasteiger partial charge in [0.05, 0.1) is 5.02 Å². The normalized spacial score (nSPS) is 11.1. The third kappa shape index (κ3) is 2.34. The van der Waals surface area contributed by atoms with Crippen LogP contribution in [0, 0.1) is 11.6 Å². The number of halogens is 3. The van der Waals surface area contributed by atoms with Crippen LogP contribution in [0.25, 0.3) is 10.9 Å². The van der Waals surface area contributed by atoms with Crippen LogP contribution >= 0.6 is 11.6 Å². The highest BCUT2D eigenvalue weighted by atomic mass is 35.5. The zero-order chi connectivity index (χ0) is 13.4. The lowest BCUT2D eigenvalue weighted by molar-refractivity contribution is 0.624. The molecular formula is C15H10ClF2N. The maximum absolute atomic E-state index is 13.4. The Labute approximate surface area is 114 Å². The first-order valence-corrected chi connectivity index (χ1v) is 6.19. The largest absolute Gasteiger partial charge is 0.343 e. The van der Waals surface area contributed by atoms with E-state index in [9.17, 15) is 8.78 Å². The van der Waals surface area contributed by atoms with E-state index < -0.39 is 5.82 Å². The van der Waals surface area contributed by atoms with E-state index >= 15 is 0 Å². The fourth-order valence-corrected chi connectivity index (χ4v) is 2.26. The molecule has 0 aliphatic rings. The van der Waals surface area contributed by atoms with Crippen molar-refractivity contribution in [3.63, 3.8) is 0 Å². The Kier molecular flexibility index (Phi) is 2.99. The van der Waals surface area contributed by atoms with Crippen LogP contribution in [0.1, 0.15) is 5.56 Å². The topological polar surface area (TPSA) is 4.93 Å². The second-order valence-electron chi connectivity index (χ2n) is 4.40. The van der Waals surface area contributed by atoms with E-state index in [0.717, 1.165) is 16.5 Å². The lowest BCUT2D eigenvalue weighted by atomic mass is 10.2. The molecule has 3 rings (SSSR count). The molecule has 0 radical (unpaired) electrons. The van der Waals surface area contributed by atoms with Crippen molar-refractivity contribution in [1.82, 2.24) is 4.57 Å². The lowest BCUT2D eigenvalue weighted by Crippen LogP contribution is -1.98.